The molecule has 1 aliphatic heterocycles. The van der Waals surface area contributed by atoms with E-state index in [1.165, 1.54) is 24.9 Å². The van der Waals surface area contributed by atoms with Crippen LogP contribution in [0.1, 0.15) is 19.3 Å². The molecule has 0 aromatic carbocycles. The van der Waals surface area contributed by atoms with E-state index in [0.717, 1.165) is 23.6 Å². The first kappa shape index (κ1) is 11.5. The van der Waals surface area contributed by atoms with Crippen LogP contribution in [0.3, 0.4) is 0 Å². The third-order valence-corrected chi connectivity index (χ3v) is 4.31. The monoisotopic (exact) mass is 292 g/mol. The van der Waals surface area contributed by atoms with Gasteiger partial charge in [0.15, 0.2) is 0 Å². The third kappa shape index (κ3) is 2.48. The molecule has 0 N–H and O–H groups in total. The summed E-state index contributed by atoms with van der Waals surface area (Å²) in [4.78, 5) is 4.99. The van der Waals surface area contributed by atoms with Gasteiger partial charge in [-0.25, -0.2) is 0 Å². The van der Waals surface area contributed by atoms with E-state index in [0.29, 0.717) is 6.04 Å². The Labute approximate surface area is 111 Å². The van der Waals surface area contributed by atoms with E-state index in [1.807, 2.05) is 6.20 Å². The summed E-state index contributed by atoms with van der Waals surface area (Å²) >= 11 is 2.46. The Balaban J connectivity index is 1.67. The quantitative estimate of drug-likeness (QED) is 0.731. The normalized spacial score (nSPS) is 24.6. The standard InChI is InChI=1S/C12H17AsN4/c1-16(9-2-3-9)10-4-5-17(8-10)11-6-12(13)15-14-7-11/h6-7,9-10H,2-5,8H2,1H3/t10-/m1/s1. The molecule has 1 saturated heterocycles. The molecule has 1 aromatic rings. The van der Waals surface area contributed by atoms with Gasteiger partial charge in [-0.05, 0) is 0 Å². The maximum absolute atomic E-state index is 4.03. The van der Waals surface area contributed by atoms with Crippen molar-refractivity contribution in [1.82, 2.24) is 15.1 Å². The van der Waals surface area contributed by atoms with Crippen LogP contribution in [0.2, 0.25) is 0 Å². The van der Waals surface area contributed by atoms with Crippen molar-refractivity contribution >= 4 is 27.0 Å². The molecule has 90 valence electrons. The molecule has 1 aromatic heterocycles. The molecule has 4 nitrogen and oxygen atoms in total. The van der Waals surface area contributed by atoms with Crippen LogP contribution in [0, 0.1) is 0 Å². The first-order valence-electron chi connectivity index (χ1n) is 6.22. The minimum absolute atomic E-state index is 0.713. The van der Waals surface area contributed by atoms with Crippen LogP contribution in [-0.4, -0.2) is 64.2 Å². The molecule has 0 unspecified atom stereocenters. The summed E-state index contributed by atoms with van der Waals surface area (Å²) in [6.07, 6.45) is 5.92. The van der Waals surface area contributed by atoms with Crippen LogP contribution in [0.4, 0.5) is 5.69 Å². The van der Waals surface area contributed by atoms with Gasteiger partial charge in [0.1, 0.15) is 0 Å². The molecule has 17 heavy (non-hydrogen) atoms. The van der Waals surface area contributed by atoms with Crippen molar-refractivity contribution in [2.24, 2.45) is 0 Å². The fourth-order valence-corrected chi connectivity index (χ4v) is 2.99. The van der Waals surface area contributed by atoms with Crippen molar-refractivity contribution in [3.05, 3.63) is 12.3 Å². The van der Waals surface area contributed by atoms with Crippen molar-refractivity contribution < 1.29 is 0 Å². The Kier molecular flexibility index (Phi) is 3.10. The van der Waals surface area contributed by atoms with Crippen LogP contribution in [0.5, 0.6) is 0 Å². The van der Waals surface area contributed by atoms with Crippen molar-refractivity contribution in [3.63, 3.8) is 0 Å². The topological polar surface area (TPSA) is 32.3 Å². The fraction of sp³-hybridized carbons (Fsp3) is 0.667. The van der Waals surface area contributed by atoms with Gasteiger partial charge < -0.3 is 0 Å². The average Bonchev–Trinajstić information content (AvgIpc) is 3.05. The Morgan fingerprint density at radius 3 is 2.88 bits per heavy atom. The van der Waals surface area contributed by atoms with E-state index in [4.69, 9.17) is 0 Å². The van der Waals surface area contributed by atoms with E-state index in [2.05, 4.69) is 50.0 Å². The van der Waals surface area contributed by atoms with Crippen molar-refractivity contribution in [1.29, 1.82) is 0 Å². The third-order valence-electron chi connectivity index (χ3n) is 3.85. The van der Waals surface area contributed by atoms with E-state index >= 15 is 0 Å². The second-order valence-electron chi connectivity index (χ2n) is 5.06. The molecule has 0 spiro atoms. The summed E-state index contributed by atoms with van der Waals surface area (Å²) < 4.78 is 0.939. The molecule has 0 bridgehead atoms. The van der Waals surface area contributed by atoms with Crippen molar-refractivity contribution in [2.75, 3.05) is 25.0 Å². The zero-order chi connectivity index (χ0) is 11.8. The van der Waals surface area contributed by atoms with Crippen LogP contribution < -0.4 is 9.38 Å². The Morgan fingerprint density at radius 2 is 2.18 bits per heavy atom. The Bertz CT molecular complexity index is 407. The van der Waals surface area contributed by atoms with Crippen LogP contribution in [0.15, 0.2) is 12.3 Å². The maximum atomic E-state index is 4.03. The van der Waals surface area contributed by atoms with Gasteiger partial charge in [0.2, 0.25) is 0 Å². The summed E-state index contributed by atoms with van der Waals surface area (Å²) in [5.41, 5.74) is 1.21. The van der Waals surface area contributed by atoms with Gasteiger partial charge in [-0.3, -0.25) is 0 Å². The van der Waals surface area contributed by atoms with E-state index in [1.54, 1.807) is 0 Å². The number of anilines is 1. The summed E-state index contributed by atoms with van der Waals surface area (Å²) in [6.45, 7) is 2.27. The van der Waals surface area contributed by atoms with Crippen LogP contribution >= 0.6 is 0 Å². The second kappa shape index (κ2) is 4.58. The van der Waals surface area contributed by atoms with Crippen molar-refractivity contribution in [3.8, 4) is 0 Å². The molecule has 2 aliphatic rings. The van der Waals surface area contributed by atoms with Crippen LogP contribution in [0.25, 0.3) is 0 Å². The van der Waals surface area contributed by atoms with Gasteiger partial charge >= 0.3 is 111 Å². The zero-order valence-electron chi connectivity index (χ0n) is 10.1. The molecule has 2 heterocycles. The Morgan fingerprint density at radius 1 is 1.35 bits per heavy atom. The molecule has 2 radical (unpaired) electrons. The average molecular weight is 292 g/mol. The second-order valence-corrected chi connectivity index (χ2v) is 6.02. The predicted octanol–water partition coefficient (Wildman–Crippen LogP) is -0.0567. The van der Waals surface area contributed by atoms with Gasteiger partial charge in [0, 0.05) is 0 Å². The van der Waals surface area contributed by atoms with E-state index in [9.17, 15) is 0 Å². The Hall–Kier alpha value is -0.602. The van der Waals surface area contributed by atoms with Gasteiger partial charge in [0.25, 0.3) is 0 Å². The molecule has 0 amide bonds. The summed E-state index contributed by atoms with van der Waals surface area (Å²) in [5.74, 6) is 0. The number of likely N-dealkylation sites (N-methyl/N-ethyl adjacent to an activating group) is 1. The fourth-order valence-electron chi connectivity index (χ4n) is 2.61. The SMILES string of the molecule is CN(C1CC1)[C@@H]1CCN(c2cnnc([As])c2)C1. The first-order chi connectivity index (χ1) is 8.24. The summed E-state index contributed by atoms with van der Waals surface area (Å²) in [5, 5.41) is 8.01. The minimum atomic E-state index is 0.713. The predicted molar refractivity (Wildman–Crippen MR) is 68.8 cm³/mol. The van der Waals surface area contributed by atoms with Crippen LogP contribution in [-0.2, 0) is 0 Å². The first-order valence-corrected chi connectivity index (χ1v) is 7.16. The van der Waals surface area contributed by atoms with E-state index in [-0.39, 0.29) is 0 Å². The van der Waals surface area contributed by atoms with Crippen molar-refractivity contribution in [2.45, 2.75) is 31.3 Å². The van der Waals surface area contributed by atoms with Gasteiger partial charge in [-0.15, -0.1) is 0 Å². The number of nitrogens with zero attached hydrogens (tertiary/aromatic N) is 4. The van der Waals surface area contributed by atoms with Gasteiger partial charge in [-0.2, -0.15) is 0 Å². The number of hydrogen-bond acceptors (Lipinski definition) is 4. The van der Waals surface area contributed by atoms with Gasteiger partial charge in [0.05, 0.1) is 0 Å². The number of rotatable bonds is 3. The molecule has 5 heteroatoms. The molecular weight excluding hydrogens is 275 g/mol. The number of hydrogen-bond donors (Lipinski definition) is 0. The summed E-state index contributed by atoms with van der Waals surface area (Å²) in [7, 11) is 2.28. The molecule has 2 fully saturated rings. The molecule has 1 aliphatic carbocycles. The van der Waals surface area contributed by atoms with Gasteiger partial charge in [-0.1, -0.05) is 0 Å². The summed E-state index contributed by atoms with van der Waals surface area (Å²) in [6, 6.07) is 3.67. The molecular formula is C12H17AsN4. The molecule has 3 rings (SSSR count). The molecule has 1 atom stereocenters. The van der Waals surface area contributed by atoms with E-state index < -0.39 is 0 Å². The number of aromatic nitrogens is 2. The molecule has 1 saturated carbocycles. The zero-order valence-corrected chi connectivity index (χ0v) is 12.0.